The number of hydrogen-bond donors (Lipinski definition) is 6. The second-order valence-corrected chi connectivity index (χ2v) is 9.62. The van der Waals surface area contributed by atoms with Crippen LogP contribution >= 0.6 is 0 Å². The van der Waals surface area contributed by atoms with Gasteiger partial charge in [0.1, 0.15) is 42.7 Å². The minimum atomic E-state index is -1.70. The average molecular weight is 539 g/mol. The van der Waals surface area contributed by atoms with Gasteiger partial charge in [-0.25, -0.2) is 4.79 Å². The van der Waals surface area contributed by atoms with Crippen molar-refractivity contribution in [3.05, 3.63) is 42.2 Å². The third kappa shape index (κ3) is 4.65. The monoisotopic (exact) mass is 538 g/mol. The zero-order valence-electron chi connectivity index (χ0n) is 20.3. The van der Waals surface area contributed by atoms with Gasteiger partial charge < -0.3 is 59.1 Å². The Labute approximate surface area is 217 Å². The van der Waals surface area contributed by atoms with Gasteiger partial charge in [-0.15, -0.1) is 0 Å². The summed E-state index contributed by atoms with van der Waals surface area (Å²) in [6.07, 6.45) is -4.80. The summed E-state index contributed by atoms with van der Waals surface area (Å²) < 4.78 is 32.7. The summed E-state index contributed by atoms with van der Waals surface area (Å²) >= 11 is 0. The van der Waals surface area contributed by atoms with E-state index in [2.05, 4.69) is 0 Å². The molecule has 0 amide bonds. The van der Waals surface area contributed by atoms with Crippen LogP contribution in [0.5, 0.6) is 11.5 Å². The van der Waals surface area contributed by atoms with E-state index in [9.17, 15) is 35.4 Å². The lowest BCUT2D eigenvalue weighted by molar-refractivity contribution is -0.344. The number of aliphatic hydroxyl groups is 5. The molecule has 0 unspecified atom stereocenters. The van der Waals surface area contributed by atoms with Gasteiger partial charge >= 0.3 is 5.97 Å². The van der Waals surface area contributed by atoms with Crippen molar-refractivity contribution in [2.75, 3.05) is 20.3 Å². The molecule has 0 radical (unpaired) electrons. The van der Waals surface area contributed by atoms with Crippen molar-refractivity contribution >= 4 is 12.0 Å². The lowest BCUT2D eigenvalue weighted by Gasteiger charge is -2.43. The summed E-state index contributed by atoms with van der Waals surface area (Å²) in [7, 11) is 1.39. The van der Waals surface area contributed by atoms with Crippen LogP contribution in [0.4, 0.5) is 0 Å². The third-order valence-electron chi connectivity index (χ3n) is 7.45. The minimum absolute atomic E-state index is 0.0570. The van der Waals surface area contributed by atoms with Gasteiger partial charge in [-0.05, 0) is 29.8 Å². The molecule has 1 saturated carbocycles. The van der Waals surface area contributed by atoms with Gasteiger partial charge in [-0.3, -0.25) is 0 Å². The lowest BCUT2D eigenvalue weighted by Crippen LogP contribution is -2.60. The minimum Gasteiger partial charge on any atom is -0.504 e. The van der Waals surface area contributed by atoms with Gasteiger partial charge in [-0.2, -0.15) is 0 Å². The van der Waals surface area contributed by atoms with Crippen molar-refractivity contribution < 1.29 is 63.9 Å². The van der Waals surface area contributed by atoms with E-state index in [4.69, 9.17) is 28.4 Å². The van der Waals surface area contributed by atoms with Crippen molar-refractivity contribution in [2.24, 2.45) is 11.8 Å². The molecular weight excluding hydrogens is 508 g/mol. The van der Waals surface area contributed by atoms with Crippen molar-refractivity contribution in [3.63, 3.8) is 0 Å². The van der Waals surface area contributed by atoms with Crippen LogP contribution in [-0.4, -0.2) is 112 Å². The number of aromatic hydroxyl groups is 1. The van der Waals surface area contributed by atoms with E-state index >= 15 is 0 Å². The SMILES string of the molecule is COc1cc(C=CC(=O)OC[C@H]2O[C@@H](O[C@@H]3OC=C[C@H]4[C@H](O)[C@@H]5O[C@]5(CO)[C@@H]34)[C@H](O)[C@@H](O)[C@@H]2O)ccc1O. The number of esters is 1. The lowest BCUT2D eigenvalue weighted by atomic mass is 9.85. The molecule has 5 rings (SSSR count). The number of methoxy groups -OCH3 is 1. The van der Waals surface area contributed by atoms with Crippen LogP contribution in [0.25, 0.3) is 6.08 Å². The number of carbonyl (C=O) groups is 1. The molecule has 4 aliphatic rings. The molecule has 1 aliphatic carbocycles. The summed E-state index contributed by atoms with van der Waals surface area (Å²) in [5, 5.41) is 61.3. The number of rotatable bonds is 8. The molecule has 3 fully saturated rings. The Balaban J connectivity index is 1.21. The third-order valence-corrected chi connectivity index (χ3v) is 7.45. The van der Waals surface area contributed by atoms with Crippen LogP contribution in [0.15, 0.2) is 36.6 Å². The van der Waals surface area contributed by atoms with Gasteiger partial charge in [-0.1, -0.05) is 6.07 Å². The maximum atomic E-state index is 12.2. The summed E-state index contributed by atoms with van der Waals surface area (Å²) in [6.45, 7) is -0.861. The largest absolute Gasteiger partial charge is 0.504 e. The van der Waals surface area contributed by atoms with Crippen LogP contribution in [0.2, 0.25) is 0 Å². The average Bonchev–Trinajstić information content (AvgIpc) is 3.61. The molecule has 11 atom stereocenters. The molecule has 3 heterocycles. The standard InChI is InChI=1S/C25H30O13/c1-33-14-8-11(2-4-13(14)27)3-5-16(28)35-9-15-19(30)20(31)21(32)24(36-15)37-23-17-12(6-7-34-23)18(29)22-25(17,10-26)38-22/h2-8,12,15,17-24,26-27,29-32H,9-10H2,1H3/t12-,15-,17-,18+,19-,20+,21-,22+,23+,24+,25-/m1/s1. The van der Waals surface area contributed by atoms with Crippen LogP contribution in [0.3, 0.4) is 0 Å². The second kappa shape index (κ2) is 10.4. The molecule has 38 heavy (non-hydrogen) atoms. The Hall–Kier alpha value is -2.75. The highest BCUT2D eigenvalue weighted by atomic mass is 16.8. The first-order valence-corrected chi connectivity index (χ1v) is 12.1. The highest BCUT2D eigenvalue weighted by Crippen LogP contribution is 2.59. The van der Waals surface area contributed by atoms with E-state index in [-0.39, 0.29) is 18.1 Å². The zero-order valence-corrected chi connectivity index (χ0v) is 20.3. The number of fused-ring (bicyclic) bond motifs is 3. The fourth-order valence-electron chi connectivity index (χ4n) is 5.34. The normalized spacial score (nSPS) is 41.3. The summed E-state index contributed by atoms with van der Waals surface area (Å²) in [5.41, 5.74) is -0.517. The van der Waals surface area contributed by atoms with Crippen molar-refractivity contribution in [1.29, 1.82) is 0 Å². The number of phenolic OH excluding ortho intramolecular Hbond substituents is 1. The van der Waals surface area contributed by atoms with E-state index in [1.165, 1.54) is 31.6 Å². The Morgan fingerprint density at radius 2 is 1.89 bits per heavy atom. The number of epoxide rings is 1. The number of phenols is 1. The summed E-state index contributed by atoms with van der Waals surface area (Å²) in [6, 6.07) is 4.47. The van der Waals surface area contributed by atoms with Crippen LogP contribution in [0.1, 0.15) is 5.56 Å². The second-order valence-electron chi connectivity index (χ2n) is 9.62. The predicted octanol–water partition coefficient (Wildman–Crippen LogP) is -1.61. The first kappa shape index (κ1) is 26.8. The van der Waals surface area contributed by atoms with Crippen molar-refractivity contribution in [3.8, 4) is 11.5 Å². The molecule has 13 nitrogen and oxygen atoms in total. The predicted molar refractivity (Wildman–Crippen MR) is 124 cm³/mol. The Morgan fingerprint density at radius 3 is 2.63 bits per heavy atom. The first-order chi connectivity index (χ1) is 18.2. The van der Waals surface area contributed by atoms with E-state index in [1.807, 2.05) is 0 Å². The highest BCUT2D eigenvalue weighted by molar-refractivity contribution is 5.87. The van der Waals surface area contributed by atoms with Crippen molar-refractivity contribution in [1.82, 2.24) is 0 Å². The highest BCUT2D eigenvalue weighted by Gasteiger charge is 2.75. The van der Waals surface area contributed by atoms with Gasteiger partial charge in [0.05, 0.1) is 32.0 Å². The summed E-state index contributed by atoms with van der Waals surface area (Å²) in [4.78, 5) is 12.2. The number of hydrogen-bond acceptors (Lipinski definition) is 13. The van der Waals surface area contributed by atoms with Gasteiger partial charge in [0.2, 0.25) is 6.29 Å². The zero-order chi connectivity index (χ0) is 27.2. The molecule has 6 N–H and O–H groups in total. The molecule has 0 aromatic heterocycles. The molecule has 0 spiro atoms. The molecule has 2 saturated heterocycles. The molecule has 1 aromatic rings. The van der Waals surface area contributed by atoms with Crippen LogP contribution in [0, 0.1) is 11.8 Å². The molecule has 0 bridgehead atoms. The van der Waals surface area contributed by atoms with E-state index < -0.39 is 79.2 Å². The number of aliphatic hydroxyl groups excluding tert-OH is 5. The van der Waals surface area contributed by atoms with E-state index in [1.54, 1.807) is 12.1 Å². The topological polar surface area (TPSA) is 197 Å². The number of ether oxygens (including phenoxy) is 6. The first-order valence-electron chi connectivity index (χ1n) is 12.1. The maximum absolute atomic E-state index is 12.2. The molecule has 3 aliphatic heterocycles. The van der Waals surface area contributed by atoms with Gasteiger partial charge in [0.25, 0.3) is 0 Å². The quantitative estimate of drug-likeness (QED) is 0.126. The fraction of sp³-hybridized carbons (Fsp3) is 0.560. The van der Waals surface area contributed by atoms with Crippen LogP contribution in [-0.2, 0) is 28.5 Å². The molecule has 1 aromatic carbocycles. The molecule has 208 valence electrons. The van der Waals surface area contributed by atoms with Gasteiger partial charge in [0, 0.05) is 12.0 Å². The van der Waals surface area contributed by atoms with E-state index in [0.29, 0.717) is 5.56 Å². The Kier molecular flexibility index (Phi) is 7.37. The number of benzene rings is 1. The van der Waals surface area contributed by atoms with Crippen LogP contribution < -0.4 is 4.74 Å². The number of carbonyl (C=O) groups excluding carboxylic acids is 1. The van der Waals surface area contributed by atoms with Gasteiger partial charge in [0.15, 0.2) is 17.8 Å². The Morgan fingerprint density at radius 1 is 1.11 bits per heavy atom. The maximum Gasteiger partial charge on any atom is 0.330 e. The molecular formula is C25H30O13. The van der Waals surface area contributed by atoms with Crippen molar-refractivity contribution in [2.45, 2.75) is 54.8 Å². The van der Waals surface area contributed by atoms with E-state index in [0.717, 1.165) is 6.08 Å². The smallest absolute Gasteiger partial charge is 0.330 e. The Bertz CT molecular complexity index is 1090. The molecule has 13 heteroatoms. The fourth-order valence-corrected chi connectivity index (χ4v) is 5.34. The summed E-state index contributed by atoms with van der Waals surface area (Å²) in [5.74, 6) is -1.68.